The van der Waals surface area contributed by atoms with Crippen LogP contribution in [0.4, 0.5) is 0 Å². The van der Waals surface area contributed by atoms with E-state index in [0.29, 0.717) is 31.1 Å². The fourth-order valence-electron chi connectivity index (χ4n) is 2.42. The number of benzene rings is 1. The topological polar surface area (TPSA) is 60.5 Å². The molecule has 0 spiro atoms. The second-order valence-corrected chi connectivity index (χ2v) is 6.69. The average Bonchev–Trinajstić information content (AvgIpc) is 3.18. The van der Waals surface area contributed by atoms with Gasteiger partial charge in [-0.2, -0.15) is 0 Å². The summed E-state index contributed by atoms with van der Waals surface area (Å²) in [6.45, 7) is 0.890. The van der Waals surface area contributed by atoms with Gasteiger partial charge in [0.25, 0.3) is 0 Å². The zero-order valence-corrected chi connectivity index (χ0v) is 15.3. The number of methoxy groups -OCH3 is 1. The molecule has 2 heterocycles. The van der Waals surface area contributed by atoms with E-state index in [1.54, 1.807) is 30.8 Å². The van der Waals surface area contributed by atoms with Gasteiger partial charge in [-0.1, -0.05) is 12.1 Å². The fraction of sp³-hybridized carbons (Fsp3) is 0.200. The molecule has 26 heavy (non-hydrogen) atoms. The van der Waals surface area contributed by atoms with Gasteiger partial charge in [-0.05, 0) is 46.8 Å². The quantitative estimate of drug-likeness (QED) is 0.660. The Morgan fingerprint density at radius 2 is 1.96 bits per heavy atom. The van der Waals surface area contributed by atoms with Gasteiger partial charge in [-0.25, -0.2) is 0 Å². The zero-order chi connectivity index (χ0) is 18.2. The van der Waals surface area contributed by atoms with Crippen molar-refractivity contribution in [2.75, 3.05) is 7.11 Å². The maximum absolute atomic E-state index is 12.0. The van der Waals surface area contributed by atoms with Crippen LogP contribution in [0.1, 0.15) is 16.0 Å². The molecule has 0 aliphatic carbocycles. The van der Waals surface area contributed by atoms with Crippen LogP contribution in [0.5, 0.6) is 11.5 Å². The first-order valence-electron chi connectivity index (χ1n) is 8.22. The summed E-state index contributed by atoms with van der Waals surface area (Å²) in [5.41, 5.74) is 1.99. The van der Waals surface area contributed by atoms with Crippen LogP contribution in [-0.4, -0.2) is 18.0 Å². The Morgan fingerprint density at radius 1 is 1.12 bits per heavy atom. The zero-order valence-electron chi connectivity index (χ0n) is 14.5. The summed E-state index contributed by atoms with van der Waals surface area (Å²) in [4.78, 5) is 17.0. The molecule has 1 aromatic carbocycles. The van der Waals surface area contributed by atoms with Gasteiger partial charge < -0.3 is 14.8 Å². The number of carbonyl (C=O) groups excluding carboxylic acids is 1. The molecule has 0 fully saturated rings. The SMILES string of the molecule is COc1cc(CNC(=O)Cc2cccs2)ccc1OCc1ccncc1. The van der Waals surface area contributed by atoms with E-state index in [9.17, 15) is 4.79 Å². The largest absolute Gasteiger partial charge is 0.493 e. The molecule has 134 valence electrons. The van der Waals surface area contributed by atoms with E-state index < -0.39 is 0 Å². The number of amides is 1. The molecular weight excluding hydrogens is 348 g/mol. The number of nitrogens with one attached hydrogen (secondary N) is 1. The third-order valence-corrected chi connectivity index (χ3v) is 4.65. The van der Waals surface area contributed by atoms with Crippen LogP contribution in [0.2, 0.25) is 0 Å². The minimum absolute atomic E-state index is 0.00410. The van der Waals surface area contributed by atoms with Gasteiger partial charge in [0.15, 0.2) is 11.5 Å². The van der Waals surface area contributed by atoms with E-state index in [-0.39, 0.29) is 5.91 Å². The number of hydrogen-bond donors (Lipinski definition) is 1. The number of ether oxygens (including phenoxy) is 2. The molecule has 3 aromatic rings. The molecule has 6 heteroatoms. The molecule has 0 aliphatic rings. The monoisotopic (exact) mass is 368 g/mol. The number of hydrogen-bond acceptors (Lipinski definition) is 5. The van der Waals surface area contributed by atoms with Crippen LogP contribution >= 0.6 is 11.3 Å². The highest BCUT2D eigenvalue weighted by atomic mass is 32.1. The molecule has 0 radical (unpaired) electrons. The predicted octanol–water partition coefficient (Wildman–Crippen LogP) is 3.59. The van der Waals surface area contributed by atoms with Crippen LogP contribution in [0.15, 0.2) is 60.2 Å². The molecule has 1 N–H and O–H groups in total. The molecule has 1 amide bonds. The summed E-state index contributed by atoms with van der Waals surface area (Å²) < 4.78 is 11.2. The molecule has 0 aliphatic heterocycles. The third kappa shape index (κ3) is 5.07. The van der Waals surface area contributed by atoms with Crippen molar-refractivity contribution in [3.63, 3.8) is 0 Å². The average molecular weight is 368 g/mol. The second-order valence-electron chi connectivity index (χ2n) is 5.66. The standard InChI is InChI=1S/C20H20N2O3S/c1-24-19-11-16(13-22-20(23)12-17-3-2-10-26-17)4-5-18(19)25-14-15-6-8-21-9-7-15/h2-11H,12-14H2,1H3,(H,22,23). The van der Waals surface area contributed by atoms with Gasteiger partial charge in [0.05, 0.1) is 13.5 Å². The summed E-state index contributed by atoms with van der Waals surface area (Å²) in [6, 6.07) is 13.4. The van der Waals surface area contributed by atoms with Crippen molar-refractivity contribution in [3.8, 4) is 11.5 Å². The second kappa shape index (κ2) is 9.01. The van der Waals surface area contributed by atoms with Gasteiger partial charge >= 0.3 is 0 Å². The van der Waals surface area contributed by atoms with E-state index in [1.807, 2.05) is 47.8 Å². The van der Waals surface area contributed by atoms with E-state index in [4.69, 9.17) is 9.47 Å². The summed E-state index contributed by atoms with van der Waals surface area (Å²) in [5, 5.41) is 4.90. The number of carbonyl (C=O) groups is 1. The molecule has 0 atom stereocenters. The first kappa shape index (κ1) is 17.9. The Bertz CT molecular complexity index is 836. The highest BCUT2D eigenvalue weighted by Crippen LogP contribution is 2.28. The predicted molar refractivity (Wildman–Crippen MR) is 101 cm³/mol. The minimum atomic E-state index is 0.00410. The van der Waals surface area contributed by atoms with E-state index in [2.05, 4.69) is 10.3 Å². The number of pyridine rings is 1. The molecule has 0 saturated carbocycles. The lowest BCUT2D eigenvalue weighted by Gasteiger charge is -2.12. The lowest BCUT2D eigenvalue weighted by Crippen LogP contribution is -2.24. The summed E-state index contributed by atoms with van der Waals surface area (Å²) in [7, 11) is 1.60. The van der Waals surface area contributed by atoms with Gasteiger partial charge in [-0.3, -0.25) is 9.78 Å². The van der Waals surface area contributed by atoms with Crippen LogP contribution in [-0.2, 0) is 24.4 Å². The maximum Gasteiger partial charge on any atom is 0.225 e. The van der Waals surface area contributed by atoms with Crippen molar-refractivity contribution in [3.05, 3.63) is 76.2 Å². The fourth-order valence-corrected chi connectivity index (χ4v) is 3.12. The summed E-state index contributed by atoms with van der Waals surface area (Å²) in [5.74, 6) is 1.31. The van der Waals surface area contributed by atoms with Gasteiger partial charge in [0, 0.05) is 23.8 Å². The molecule has 0 saturated heterocycles. The minimum Gasteiger partial charge on any atom is -0.493 e. The van der Waals surface area contributed by atoms with Crippen molar-refractivity contribution in [1.82, 2.24) is 10.3 Å². The normalized spacial score (nSPS) is 10.3. The van der Waals surface area contributed by atoms with Crippen LogP contribution in [0, 0.1) is 0 Å². The lowest BCUT2D eigenvalue weighted by atomic mass is 10.2. The smallest absolute Gasteiger partial charge is 0.225 e. The molecular formula is C20H20N2O3S. The first-order valence-corrected chi connectivity index (χ1v) is 9.10. The highest BCUT2D eigenvalue weighted by Gasteiger charge is 2.08. The maximum atomic E-state index is 12.0. The molecule has 0 bridgehead atoms. The highest BCUT2D eigenvalue weighted by molar-refractivity contribution is 7.10. The Labute approximate surface area is 156 Å². The Morgan fingerprint density at radius 3 is 2.69 bits per heavy atom. The Balaban J connectivity index is 1.56. The third-order valence-electron chi connectivity index (χ3n) is 3.78. The molecule has 5 nitrogen and oxygen atoms in total. The van der Waals surface area contributed by atoms with Gasteiger partial charge in [0.2, 0.25) is 5.91 Å². The van der Waals surface area contributed by atoms with E-state index in [0.717, 1.165) is 16.0 Å². The Kier molecular flexibility index (Phi) is 6.22. The molecule has 2 aromatic heterocycles. The van der Waals surface area contributed by atoms with Crippen LogP contribution in [0.25, 0.3) is 0 Å². The van der Waals surface area contributed by atoms with Crippen LogP contribution < -0.4 is 14.8 Å². The Hall–Kier alpha value is -2.86. The number of aromatic nitrogens is 1. The lowest BCUT2D eigenvalue weighted by molar-refractivity contribution is -0.120. The summed E-state index contributed by atoms with van der Waals surface area (Å²) >= 11 is 1.58. The van der Waals surface area contributed by atoms with Crippen molar-refractivity contribution >= 4 is 17.2 Å². The van der Waals surface area contributed by atoms with Crippen molar-refractivity contribution in [2.24, 2.45) is 0 Å². The number of thiophene rings is 1. The van der Waals surface area contributed by atoms with Crippen LogP contribution in [0.3, 0.4) is 0 Å². The number of rotatable bonds is 8. The van der Waals surface area contributed by atoms with Crippen molar-refractivity contribution in [2.45, 2.75) is 19.6 Å². The van der Waals surface area contributed by atoms with Crippen molar-refractivity contribution < 1.29 is 14.3 Å². The number of nitrogens with zero attached hydrogens (tertiary/aromatic N) is 1. The first-order chi connectivity index (χ1) is 12.7. The van der Waals surface area contributed by atoms with Crippen molar-refractivity contribution in [1.29, 1.82) is 0 Å². The van der Waals surface area contributed by atoms with Gasteiger partial charge in [-0.15, -0.1) is 11.3 Å². The van der Waals surface area contributed by atoms with E-state index >= 15 is 0 Å². The molecule has 3 rings (SSSR count). The molecule has 0 unspecified atom stereocenters. The van der Waals surface area contributed by atoms with Gasteiger partial charge in [0.1, 0.15) is 6.61 Å². The summed E-state index contributed by atoms with van der Waals surface area (Å²) in [6.07, 6.45) is 3.87. The van der Waals surface area contributed by atoms with E-state index in [1.165, 1.54) is 0 Å².